The van der Waals surface area contributed by atoms with Gasteiger partial charge in [0.15, 0.2) is 0 Å². The van der Waals surface area contributed by atoms with E-state index in [2.05, 4.69) is 24.3 Å². The summed E-state index contributed by atoms with van der Waals surface area (Å²) in [6, 6.07) is 16.5. The van der Waals surface area contributed by atoms with E-state index in [-0.39, 0.29) is 13.2 Å². The van der Waals surface area contributed by atoms with Crippen LogP contribution in [-0.4, -0.2) is 57.1 Å². The molecule has 2 aromatic carbocycles. The molecule has 0 radical (unpaired) electrons. The van der Waals surface area contributed by atoms with E-state index in [4.69, 9.17) is 20.4 Å². The minimum absolute atomic E-state index is 0.115. The molecule has 6 heteroatoms. The summed E-state index contributed by atoms with van der Waals surface area (Å²) in [7, 11) is 0. The average Bonchev–Trinajstić information content (AvgIpc) is 3.18. The summed E-state index contributed by atoms with van der Waals surface area (Å²) < 4.78 is 0. The first-order chi connectivity index (χ1) is 23.5. The highest BCUT2D eigenvalue weighted by molar-refractivity contribution is 5.27. The standard InChI is InChI=1S/C14H26O2.2C14H20O2/c3*15-9-11-4-6-13(7-5-11)14-3-1-2-12(8-14)10-16/h11-16H,1-10H2;4-7,12,14-16H,1-3,8-10H2;1-3,8,11,13,15-16H,4-7,9-10H2. The van der Waals surface area contributed by atoms with E-state index in [1.54, 1.807) is 0 Å². The van der Waals surface area contributed by atoms with Crippen molar-refractivity contribution in [1.29, 1.82) is 0 Å². The van der Waals surface area contributed by atoms with Gasteiger partial charge in [-0.3, -0.25) is 0 Å². The normalized spacial score (nSPS) is 30.7. The molecule has 0 aliphatic heterocycles. The van der Waals surface area contributed by atoms with Crippen LogP contribution in [0.2, 0.25) is 0 Å². The largest absolute Gasteiger partial charge is 0.396 e. The van der Waals surface area contributed by atoms with Crippen molar-refractivity contribution < 1.29 is 30.6 Å². The molecule has 4 fully saturated rings. The lowest BCUT2D eigenvalue weighted by atomic mass is 9.69. The van der Waals surface area contributed by atoms with Crippen LogP contribution < -0.4 is 0 Å². The van der Waals surface area contributed by atoms with E-state index in [1.807, 2.05) is 24.3 Å². The smallest absolute Gasteiger partial charge is 0.0681 e. The molecule has 4 aliphatic carbocycles. The van der Waals surface area contributed by atoms with Crippen LogP contribution in [0.4, 0.5) is 0 Å². The lowest BCUT2D eigenvalue weighted by Gasteiger charge is -2.37. The first-order valence-corrected chi connectivity index (χ1v) is 19.3. The molecule has 6 N–H and O–H groups in total. The average molecular weight is 667 g/mol. The SMILES string of the molecule is OCC1CCC(C2CCCC(CO)C2)CC1.OCc1ccc(C2CCCC(CO)C2)cc1.OCc1cccc(C2CCC(CO)CC2)c1. The molecular formula is C42H66O6. The second-order valence-electron chi connectivity index (χ2n) is 15.6. The second-order valence-corrected chi connectivity index (χ2v) is 15.6. The van der Waals surface area contributed by atoms with Gasteiger partial charge in [0.05, 0.1) is 13.2 Å². The van der Waals surface area contributed by atoms with Crippen molar-refractivity contribution in [1.82, 2.24) is 0 Å². The van der Waals surface area contributed by atoms with Crippen LogP contribution in [0, 0.1) is 35.5 Å². The van der Waals surface area contributed by atoms with Crippen LogP contribution in [0.1, 0.15) is 137 Å². The van der Waals surface area contributed by atoms with E-state index in [0.717, 1.165) is 42.2 Å². The maximum absolute atomic E-state index is 9.25. The zero-order valence-corrected chi connectivity index (χ0v) is 29.5. The van der Waals surface area contributed by atoms with Gasteiger partial charge in [-0.05, 0) is 153 Å². The van der Waals surface area contributed by atoms with Crippen LogP contribution in [0.3, 0.4) is 0 Å². The lowest BCUT2D eigenvalue weighted by molar-refractivity contribution is 0.0933. The molecule has 4 saturated carbocycles. The lowest BCUT2D eigenvalue weighted by Crippen LogP contribution is -2.28. The van der Waals surface area contributed by atoms with Crippen molar-refractivity contribution in [3.8, 4) is 0 Å². The van der Waals surface area contributed by atoms with Crippen molar-refractivity contribution in [2.75, 3.05) is 26.4 Å². The Kier molecular flexibility index (Phi) is 17.4. The third-order valence-corrected chi connectivity index (χ3v) is 12.3. The van der Waals surface area contributed by atoms with Gasteiger partial charge in [-0.25, -0.2) is 0 Å². The van der Waals surface area contributed by atoms with E-state index >= 15 is 0 Å². The Hall–Kier alpha value is -1.80. The predicted octanol–water partition coefficient (Wildman–Crippen LogP) is 7.47. The molecule has 0 amide bonds. The Morgan fingerprint density at radius 3 is 1.56 bits per heavy atom. The van der Waals surface area contributed by atoms with Gasteiger partial charge >= 0.3 is 0 Å². The molecule has 0 heterocycles. The van der Waals surface area contributed by atoms with Gasteiger partial charge in [0.2, 0.25) is 0 Å². The highest BCUT2D eigenvalue weighted by Crippen LogP contribution is 2.41. The second kappa shape index (κ2) is 21.4. The van der Waals surface area contributed by atoms with Crippen LogP contribution >= 0.6 is 0 Å². The molecule has 0 aromatic heterocycles. The first-order valence-electron chi connectivity index (χ1n) is 19.3. The van der Waals surface area contributed by atoms with Crippen molar-refractivity contribution in [3.63, 3.8) is 0 Å². The Morgan fingerprint density at radius 1 is 0.417 bits per heavy atom. The van der Waals surface area contributed by atoms with E-state index < -0.39 is 0 Å². The van der Waals surface area contributed by atoms with Crippen molar-refractivity contribution in [3.05, 3.63) is 70.8 Å². The maximum atomic E-state index is 9.25. The molecule has 4 atom stereocenters. The van der Waals surface area contributed by atoms with E-state index in [9.17, 15) is 10.2 Å². The zero-order chi connectivity index (χ0) is 34.1. The van der Waals surface area contributed by atoms with Gasteiger partial charge < -0.3 is 30.6 Å². The first kappa shape index (κ1) is 39.0. The summed E-state index contributed by atoms with van der Waals surface area (Å²) in [6.45, 7) is 1.68. The summed E-state index contributed by atoms with van der Waals surface area (Å²) in [5.41, 5.74) is 4.68. The van der Waals surface area contributed by atoms with Crippen LogP contribution in [-0.2, 0) is 13.2 Å². The monoisotopic (exact) mass is 666 g/mol. The fraction of sp³-hybridized carbons (Fsp3) is 0.714. The number of hydrogen-bond acceptors (Lipinski definition) is 6. The number of benzene rings is 2. The summed E-state index contributed by atoms with van der Waals surface area (Å²) in [5.74, 6) is 5.12. The van der Waals surface area contributed by atoms with Crippen molar-refractivity contribution in [2.24, 2.45) is 35.5 Å². The van der Waals surface area contributed by atoms with Crippen LogP contribution in [0.25, 0.3) is 0 Å². The predicted molar refractivity (Wildman–Crippen MR) is 193 cm³/mol. The molecular weight excluding hydrogens is 600 g/mol. The third-order valence-electron chi connectivity index (χ3n) is 12.3. The molecule has 270 valence electrons. The fourth-order valence-corrected chi connectivity index (χ4v) is 9.05. The number of rotatable bonds is 9. The molecule has 4 unspecified atom stereocenters. The minimum Gasteiger partial charge on any atom is -0.396 e. The Morgan fingerprint density at radius 2 is 0.979 bits per heavy atom. The highest BCUT2D eigenvalue weighted by atomic mass is 16.3. The number of hydrogen-bond donors (Lipinski definition) is 6. The Balaban J connectivity index is 0.000000163. The molecule has 6 nitrogen and oxygen atoms in total. The summed E-state index contributed by atoms with van der Waals surface area (Å²) in [5, 5.41) is 54.8. The van der Waals surface area contributed by atoms with Gasteiger partial charge in [0.1, 0.15) is 0 Å². The van der Waals surface area contributed by atoms with Crippen molar-refractivity contribution >= 4 is 0 Å². The van der Waals surface area contributed by atoms with Gasteiger partial charge in [-0.15, -0.1) is 0 Å². The van der Waals surface area contributed by atoms with Crippen LogP contribution in [0.15, 0.2) is 48.5 Å². The minimum atomic E-state index is 0.115. The summed E-state index contributed by atoms with van der Waals surface area (Å²) in [4.78, 5) is 0. The maximum Gasteiger partial charge on any atom is 0.0681 e. The summed E-state index contributed by atoms with van der Waals surface area (Å²) >= 11 is 0. The fourth-order valence-electron chi connectivity index (χ4n) is 9.05. The number of aliphatic hydroxyl groups is 6. The van der Waals surface area contributed by atoms with Gasteiger partial charge in [-0.2, -0.15) is 0 Å². The van der Waals surface area contributed by atoms with E-state index in [0.29, 0.717) is 61.9 Å². The Bertz CT molecular complexity index is 1120. The molecule has 48 heavy (non-hydrogen) atoms. The van der Waals surface area contributed by atoms with Gasteiger partial charge in [0, 0.05) is 26.4 Å². The van der Waals surface area contributed by atoms with E-state index in [1.165, 1.54) is 94.6 Å². The number of aliphatic hydroxyl groups excluding tert-OH is 6. The topological polar surface area (TPSA) is 121 Å². The third kappa shape index (κ3) is 12.2. The molecule has 2 aromatic rings. The Labute approximate surface area is 290 Å². The van der Waals surface area contributed by atoms with Gasteiger partial charge in [0.25, 0.3) is 0 Å². The van der Waals surface area contributed by atoms with Gasteiger partial charge in [-0.1, -0.05) is 67.8 Å². The molecule has 6 rings (SSSR count). The molecule has 0 spiro atoms. The highest BCUT2D eigenvalue weighted by Gasteiger charge is 2.31. The quantitative estimate of drug-likeness (QED) is 0.165. The van der Waals surface area contributed by atoms with Crippen LogP contribution in [0.5, 0.6) is 0 Å². The summed E-state index contributed by atoms with van der Waals surface area (Å²) in [6.07, 6.45) is 19.6. The zero-order valence-electron chi connectivity index (χ0n) is 29.5. The molecule has 4 aliphatic rings. The van der Waals surface area contributed by atoms with Crippen molar-refractivity contribution in [2.45, 2.75) is 128 Å². The molecule has 0 bridgehead atoms. The molecule has 0 saturated heterocycles.